The minimum Gasteiger partial charge on any atom is -0.496 e. The van der Waals surface area contributed by atoms with Gasteiger partial charge in [-0.15, -0.1) is 11.6 Å². The SMILES string of the molecule is COc1c(C)cc(C(CCl)c2cc(C)c(OC)c(C)c2C)c(C)c1C. The molecule has 2 rings (SSSR count). The van der Waals surface area contributed by atoms with E-state index in [1.165, 1.54) is 33.4 Å². The topological polar surface area (TPSA) is 18.5 Å². The van der Waals surface area contributed by atoms with Gasteiger partial charge in [-0.3, -0.25) is 0 Å². The molecule has 2 aromatic rings. The number of ether oxygens (including phenoxy) is 2. The van der Waals surface area contributed by atoms with E-state index in [0.29, 0.717) is 5.88 Å². The predicted octanol–water partition coefficient (Wildman–Crippen LogP) is 5.93. The summed E-state index contributed by atoms with van der Waals surface area (Å²) in [4.78, 5) is 0. The maximum absolute atomic E-state index is 6.47. The minimum absolute atomic E-state index is 0.147. The number of aryl methyl sites for hydroxylation is 2. The van der Waals surface area contributed by atoms with E-state index in [1.807, 2.05) is 0 Å². The Morgan fingerprint density at radius 3 is 1.36 bits per heavy atom. The molecule has 0 aromatic heterocycles. The summed E-state index contributed by atoms with van der Waals surface area (Å²) in [5, 5.41) is 0. The Labute approximate surface area is 157 Å². The van der Waals surface area contributed by atoms with Gasteiger partial charge in [-0.25, -0.2) is 0 Å². The largest absolute Gasteiger partial charge is 0.496 e. The number of hydrogen-bond acceptors (Lipinski definition) is 2. The van der Waals surface area contributed by atoms with Gasteiger partial charge in [-0.1, -0.05) is 12.1 Å². The van der Waals surface area contributed by atoms with Crippen LogP contribution in [-0.2, 0) is 0 Å². The second kappa shape index (κ2) is 7.70. The van der Waals surface area contributed by atoms with Gasteiger partial charge in [-0.2, -0.15) is 0 Å². The molecule has 0 aliphatic carbocycles. The van der Waals surface area contributed by atoms with E-state index in [9.17, 15) is 0 Å². The molecule has 2 aromatic carbocycles. The fourth-order valence-electron chi connectivity index (χ4n) is 3.87. The Kier molecular flexibility index (Phi) is 6.05. The second-order valence-corrected chi connectivity index (χ2v) is 7.15. The summed E-state index contributed by atoms with van der Waals surface area (Å²) in [6, 6.07) is 4.45. The monoisotopic (exact) mass is 360 g/mol. The van der Waals surface area contributed by atoms with Gasteiger partial charge >= 0.3 is 0 Å². The van der Waals surface area contributed by atoms with E-state index in [0.717, 1.165) is 22.6 Å². The van der Waals surface area contributed by atoms with Crippen molar-refractivity contribution >= 4 is 11.6 Å². The fourth-order valence-corrected chi connectivity index (χ4v) is 4.20. The van der Waals surface area contributed by atoms with Gasteiger partial charge in [0.25, 0.3) is 0 Å². The standard InChI is InChI=1S/C22H29ClO2/c1-12-9-18(14(3)16(5)21(12)24-7)20(11-23)19-10-13(2)22(25-8)17(6)15(19)4/h9-10,20H,11H2,1-8H3. The highest BCUT2D eigenvalue weighted by Gasteiger charge is 2.23. The van der Waals surface area contributed by atoms with Crippen LogP contribution in [0.3, 0.4) is 0 Å². The molecule has 0 bridgehead atoms. The van der Waals surface area contributed by atoms with Crippen molar-refractivity contribution in [2.24, 2.45) is 0 Å². The van der Waals surface area contributed by atoms with Gasteiger partial charge in [0.2, 0.25) is 0 Å². The molecule has 0 saturated carbocycles. The quantitative estimate of drug-likeness (QED) is 0.615. The molecule has 0 atom stereocenters. The van der Waals surface area contributed by atoms with Crippen LogP contribution < -0.4 is 9.47 Å². The Bertz CT molecular complexity index is 728. The zero-order valence-corrected chi connectivity index (χ0v) is 17.4. The molecule has 0 aliphatic rings. The van der Waals surface area contributed by atoms with Gasteiger partial charge in [0.15, 0.2) is 0 Å². The second-order valence-electron chi connectivity index (χ2n) is 6.84. The van der Waals surface area contributed by atoms with Crippen LogP contribution in [0.1, 0.15) is 50.4 Å². The summed E-state index contributed by atoms with van der Waals surface area (Å²) in [6.45, 7) is 12.7. The molecule has 0 N–H and O–H groups in total. The molecule has 25 heavy (non-hydrogen) atoms. The van der Waals surface area contributed by atoms with Crippen molar-refractivity contribution in [3.8, 4) is 11.5 Å². The first kappa shape index (κ1) is 19.7. The Morgan fingerprint density at radius 1 is 0.720 bits per heavy atom. The first-order valence-electron chi connectivity index (χ1n) is 8.63. The predicted molar refractivity (Wildman–Crippen MR) is 107 cm³/mol. The van der Waals surface area contributed by atoms with Crippen molar-refractivity contribution in [3.63, 3.8) is 0 Å². The maximum Gasteiger partial charge on any atom is 0.124 e. The molecule has 0 heterocycles. The van der Waals surface area contributed by atoms with Crippen LogP contribution in [0.4, 0.5) is 0 Å². The number of rotatable bonds is 5. The van der Waals surface area contributed by atoms with Crippen molar-refractivity contribution in [1.29, 1.82) is 0 Å². The maximum atomic E-state index is 6.47. The summed E-state index contributed by atoms with van der Waals surface area (Å²) in [5.41, 5.74) is 9.72. The molecule has 0 radical (unpaired) electrons. The molecule has 0 spiro atoms. The molecular weight excluding hydrogens is 332 g/mol. The Hall–Kier alpha value is -1.67. The normalized spacial score (nSPS) is 11.1. The highest BCUT2D eigenvalue weighted by atomic mass is 35.5. The van der Waals surface area contributed by atoms with Gasteiger partial charge in [0.1, 0.15) is 11.5 Å². The number of methoxy groups -OCH3 is 2. The van der Waals surface area contributed by atoms with Crippen LogP contribution in [0.25, 0.3) is 0 Å². The van der Waals surface area contributed by atoms with Crippen molar-refractivity contribution in [1.82, 2.24) is 0 Å². The molecule has 3 heteroatoms. The van der Waals surface area contributed by atoms with Crippen molar-refractivity contribution in [2.45, 2.75) is 47.5 Å². The highest BCUT2D eigenvalue weighted by molar-refractivity contribution is 6.18. The summed E-state index contributed by atoms with van der Waals surface area (Å²) in [5.74, 6) is 2.62. The van der Waals surface area contributed by atoms with E-state index in [-0.39, 0.29) is 5.92 Å². The summed E-state index contributed by atoms with van der Waals surface area (Å²) in [7, 11) is 3.46. The fraction of sp³-hybridized carbons (Fsp3) is 0.455. The third-order valence-corrected chi connectivity index (χ3v) is 5.75. The van der Waals surface area contributed by atoms with Crippen LogP contribution in [0.2, 0.25) is 0 Å². The van der Waals surface area contributed by atoms with E-state index in [1.54, 1.807) is 14.2 Å². The summed E-state index contributed by atoms with van der Waals surface area (Å²) >= 11 is 6.47. The molecular formula is C22H29ClO2. The lowest BCUT2D eigenvalue weighted by atomic mass is 9.83. The minimum atomic E-state index is 0.147. The van der Waals surface area contributed by atoms with Crippen LogP contribution >= 0.6 is 11.6 Å². The smallest absolute Gasteiger partial charge is 0.124 e. The molecule has 136 valence electrons. The lowest BCUT2D eigenvalue weighted by Gasteiger charge is -2.25. The number of halogens is 1. The van der Waals surface area contributed by atoms with E-state index >= 15 is 0 Å². The summed E-state index contributed by atoms with van der Waals surface area (Å²) in [6.07, 6.45) is 0. The van der Waals surface area contributed by atoms with E-state index < -0.39 is 0 Å². The zero-order valence-electron chi connectivity index (χ0n) is 16.6. The number of benzene rings is 2. The van der Waals surface area contributed by atoms with Crippen LogP contribution in [0.15, 0.2) is 12.1 Å². The number of alkyl halides is 1. The van der Waals surface area contributed by atoms with Crippen LogP contribution in [0, 0.1) is 41.5 Å². The number of hydrogen-bond donors (Lipinski definition) is 0. The van der Waals surface area contributed by atoms with Crippen LogP contribution in [0.5, 0.6) is 11.5 Å². The first-order chi connectivity index (χ1) is 11.8. The lowest BCUT2D eigenvalue weighted by Crippen LogP contribution is -2.11. The average Bonchev–Trinajstić information content (AvgIpc) is 2.58. The van der Waals surface area contributed by atoms with Crippen molar-refractivity contribution in [3.05, 3.63) is 56.6 Å². The zero-order chi connectivity index (χ0) is 18.9. The average molecular weight is 361 g/mol. The van der Waals surface area contributed by atoms with Gasteiger partial charge < -0.3 is 9.47 Å². The van der Waals surface area contributed by atoms with Gasteiger partial charge in [0, 0.05) is 11.8 Å². The van der Waals surface area contributed by atoms with Crippen molar-refractivity contribution < 1.29 is 9.47 Å². The lowest BCUT2D eigenvalue weighted by molar-refractivity contribution is 0.407. The Balaban J connectivity index is 2.71. The highest BCUT2D eigenvalue weighted by Crippen LogP contribution is 2.39. The van der Waals surface area contributed by atoms with Gasteiger partial charge in [-0.05, 0) is 86.1 Å². The molecule has 0 saturated heterocycles. The third kappa shape index (κ3) is 3.37. The Morgan fingerprint density at radius 2 is 1.08 bits per heavy atom. The molecule has 0 unspecified atom stereocenters. The first-order valence-corrected chi connectivity index (χ1v) is 9.17. The van der Waals surface area contributed by atoms with Crippen LogP contribution in [-0.4, -0.2) is 20.1 Å². The molecule has 0 amide bonds. The third-order valence-electron chi connectivity index (χ3n) is 5.45. The molecule has 2 nitrogen and oxygen atoms in total. The van der Waals surface area contributed by atoms with Gasteiger partial charge in [0.05, 0.1) is 14.2 Å². The van der Waals surface area contributed by atoms with E-state index in [4.69, 9.17) is 21.1 Å². The summed E-state index contributed by atoms with van der Waals surface area (Å²) < 4.78 is 11.1. The van der Waals surface area contributed by atoms with Crippen molar-refractivity contribution in [2.75, 3.05) is 20.1 Å². The molecule has 0 fully saturated rings. The molecule has 0 aliphatic heterocycles. The van der Waals surface area contributed by atoms with E-state index in [2.05, 4.69) is 53.7 Å².